The van der Waals surface area contributed by atoms with E-state index in [1.54, 1.807) is 0 Å². The van der Waals surface area contributed by atoms with Gasteiger partial charge in [-0.1, -0.05) is 158 Å². The SMILES string of the molecule is c1ccc(-c2cccc(-c3nc(-c4ccc(-c5ccc6ccccc6c5)cc4)cc(-c4cc(-c5ccccc5)c5c(c4)sc4ccccc45)n3)c2)cc1. The molecule has 10 rings (SSSR count). The summed E-state index contributed by atoms with van der Waals surface area (Å²) in [4.78, 5) is 10.6. The van der Waals surface area contributed by atoms with E-state index in [0.717, 1.165) is 39.2 Å². The smallest absolute Gasteiger partial charge is 0.160 e. The first-order valence-electron chi connectivity index (χ1n) is 17.9. The second-order valence-electron chi connectivity index (χ2n) is 13.4. The van der Waals surface area contributed by atoms with Gasteiger partial charge in [0, 0.05) is 36.9 Å². The maximum Gasteiger partial charge on any atom is 0.160 e. The molecule has 0 fully saturated rings. The molecule has 0 amide bonds. The Morgan fingerprint density at radius 3 is 1.72 bits per heavy atom. The lowest BCUT2D eigenvalue weighted by Gasteiger charge is -2.13. The summed E-state index contributed by atoms with van der Waals surface area (Å²) >= 11 is 1.84. The van der Waals surface area contributed by atoms with Gasteiger partial charge in [-0.3, -0.25) is 0 Å². The van der Waals surface area contributed by atoms with Gasteiger partial charge in [0.2, 0.25) is 0 Å². The molecule has 2 aromatic heterocycles. The molecule has 2 heterocycles. The zero-order valence-electron chi connectivity index (χ0n) is 28.8. The molecule has 248 valence electrons. The normalized spacial score (nSPS) is 11.4. The maximum atomic E-state index is 5.32. The van der Waals surface area contributed by atoms with Crippen LogP contribution in [-0.4, -0.2) is 9.97 Å². The highest BCUT2D eigenvalue weighted by Crippen LogP contribution is 2.43. The summed E-state index contributed by atoms with van der Waals surface area (Å²) in [6, 6.07) is 69.2. The largest absolute Gasteiger partial charge is 0.228 e. The van der Waals surface area contributed by atoms with Crippen molar-refractivity contribution in [1.82, 2.24) is 9.97 Å². The van der Waals surface area contributed by atoms with Crippen LogP contribution in [0.2, 0.25) is 0 Å². The lowest BCUT2D eigenvalue weighted by atomic mass is 9.95. The molecular formula is C50H32N2S. The Balaban J connectivity index is 1.15. The minimum atomic E-state index is 0.701. The Hall–Kier alpha value is -6.68. The molecule has 10 aromatic rings. The Kier molecular flexibility index (Phi) is 7.71. The van der Waals surface area contributed by atoms with Crippen molar-refractivity contribution in [2.45, 2.75) is 0 Å². The topological polar surface area (TPSA) is 25.8 Å². The molecule has 0 saturated heterocycles. The highest BCUT2D eigenvalue weighted by atomic mass is 32.1. The number of hydrogen-bond acceptors (Lipinski definition) is 3. The number of thiophene rings is 1. The summed E-state index contributed by atoms with van der Waals surface area (Å²) in [6.07, 6.45) is 0. The third-order valence-electron chi connectivity index (χ3n) is 10.1. The van der Waals surface area contributed by atoms with Crippen molar-refractivity contribution in [3.8, 4) is 67.3 Å². The van der Waals surface area contributed by atoms with E-state index in [1.165, 1.54) is 53.2 Å². The first kappa shape index (κ1) is 31.1. The molecule has 0 aliphatic heterocycles. The van der Waals surface area contributed by atoms with E-state index in [-0.39, 0.29) is 0 Å². The number of benzene rings is 8. The van der Waals surface area contributed by atoms with Crippen molar-refractivity contribution in [3.05, 3.63) is 194 Å². The third kappa shape index (κ3) is 5.87. The molecule has 0 aliphatic rings. The lowest BCUT2D eigenvalue weighted by Crippen LogP contribution is -1.96. The van der Waals surface area contributed by atoms with Crippen molar-refractivity contribution in [1.29, 1.82) is 0 Å². The highest BCUT2D eigenvalue weighted by molar-refractivity contribution is 7.26. The summed E-state index contributed by atoms with van der Waals surface area (Å²) in [6.45, 7) is 0. The van der Waals surface area contributed by atoms with Gasteiger partial charge in [0.15, 0.2) is 5.82 Å². The summed E-state index contributed by atoms with van der Waals surface area (Å²) in [5, 5.41) is 5.05. The summed E-state index contributed by atoms with van der Waals surface area (Å²) in [7, 11) is 0. The van der Waals surface area contributed by atoms with E-state index in [4.69, 9.17) is 9.97 Å². The number of nitrogens with zero attached hydrogens (tertiary/aromatic N) is 2. The minimum Gasteiger partial charge on any atom is -0.228 e. The van der Waals surface area contributed by atoms with Gasteiger partial charge in [0.25, 0.3) is 0 Å². The van der Waals surface area contributed by atoms with Gasteiger partial charge in [-0.25, -0.2) is 9.97 Å². The van der Waals surface area contributed by atoms with E-state index < -0.39 is 0 Å². The second kappa shape index (κ2) is 13.1. The van der Waals surface area contributed by atoms with Crippen LogP contribution < -0.4 is 0 Å². The van der Waals surface area contributed by atoms with E-state index in [2.05, 4.69) is 194 Å². The minimum absolute atomic E-state index is 0.701. The standard InChI is InChI=1S/C50H32N2S/c1-3-12-33(13-4-1)39-18-11-19-41(29-39)50-51-45(37-25-22-35(23-26-37)40-27-24-34-14-7-8-17-38(34)28-40)32-46(52-50)42-30-44(36-15-5-2-6-16-36)49-43-20-9-10-21-47(43)53-48(49)31-42/h1-32H. The molecule has 3 heteroatoms. The zero-order chi connectivity index (χ0) is 35.1. The number of fused-ring (bicyclic) bond motifs is 4. The van der Waals surface area contributed by atoms with Gasteiger partial charge < -0.3 is 0 Å². The second-order valence-corrected chi connectivity index (χ2v) is 14.5. The van der Waals surface area contributed by atoms with E-state index in [0.29, 0.717) is 5.82 Å². The Morgan fingerprint density at radius 2 is 0.906 bits per heavy atom. The molecule has 0 saturated carbocycles. The van der Waals surface area contributed by atoms with E-state index in [1.807, 2.05) is 11.3 Å². The quantitative estimate of drug-likeness (QED) is 0.173. The average molecular weight is 693 g/mol. The molecule has 0 bridgehead atoms. The molecule has 0 atom stereocenters. The van der Waals surface area contributed by atoms with Crippen LogP contribution in [0.5, 0.6) is 0 Å². The molecule has 53 heavy (non-hydrogen) atoms. The van der Waals surface area contributed by atoms with Crippen LogP contribution in [0.3, 0.4) is 0 Å². The van der Waals surface area contributed by atoms with Crippen molar-refractivity contribution >= 4 is 42.3 Å². The summed E-state index contributed by atoms with van der Waals surface area (Å²) in [5.41, 5.74) is 11.9. The predicted octanol–water partition coefficient (Wildman–Crippen LogP) is 14.0. The molecule has 2 nitrogen and oxygen atoms in total. The Labute approximate surface area is 312 Å². The average Bonchev–Trinajstić information content (AvgIpc) is 3.62. The third-order valence-corrected chi connectivity index (χ3v) is 11.2. The highest BCUT2D eigenvalue weighted by Gasteiger charge is 2.17. The molecule has 0 unspecified atom stereocenters. The van der Waals surface area contributed by atoms with Crippen LogP contribution in [0, 0.1) is 0 Å². The summed E-state index contributed by atoms with van der Waals surface area (Å²) in [5.74, 6) is 0.701. The molecule has 0 N–H and O–H groups in total. The number of rotatable bonds is 6. The zero-order valence-corrected chi connectivity index (χ0v) is 29.6. The van der Waals surface area contributed by atoms with Gasteiger partial charge in [0.05, 0.1) is 11.4 Å². The fourth-order valence-electron chi connectivity index (χ4n) is 7.39. The fourth-order valence-corrected chi connectivity index (χ4v) is 8.56. The van der Waals surface area contributed by atoms with Crippen LogP contribution in [0.15, 0.2) is 194 Å². The van der Waals surface area contributed by atoms with Gasteiger partial charge in [0.1, 0.15) is 0 Å². The van der Waals surface area contributed by atoms with Crippen LogP contribution in [0.25, 0.3) is 98.2 Å². The molecule has 0 spiro atoms. The molecular weight excluding hydrogens is 661 g/mol. The maximum absolute atomic E-state index is 5.32. The number of aromatic nitrogens is 2. The molecule has 8 aromatic carbocycles. The molecule has 0 aliphatic carbocycles. The van der Waals surface area contributed by atoms with Gasteiger partial charge in [-0.15, -0.1) is 11.3 Å². The van der Waals surface area contributed by atoms with Crippen LogP contribution in [-0.2, 0) is 0 Å². The summed E-state index contributed by atoms with van der Waals surface area (Å²) < 4.78 is 2.53. The predicted molar refractivity (Wildman–Crippen MR) is 225 cm³/mol. The fraction of sp³-hybridized carbons (Fsp3) is 0. The Bertz CT molecular complexity index is 2930. The van der Waals surface area contributed by atoms with E-state index >= 15 is 0 Å². The van der Waals surface area contributed by atoms with Crippen LogP contribution in [0.4, 0.5) is 0 Å². The van der Waals surface area contributed by atoms with Crippen molar-refractivity contribution < 1.29 is 0 Å². The first-order chi connectivity index (χ1) is 26.2. The van der Waals surface area contributed by atoms with Crippen molar-refractivity contribution in [2.24, 2.45) is 0 Å². The van der Waals surface area contributed by atoms with Gasteiger partial charge in [-0.2, -0.15) is 0 Å². The van der Waals surface area contributed by atoms with Gasteiger partial charge in [-0.05, 0) is 80.6 Å². The Morgan fingerprint density at radius 1 is 0.321 bits per heavy atom. The van der Waals surface area contributed by atoms with Crippen molar-refractivity contribution in [2.75, 3.05) is 0 Å². The molecule has 0 radical (unpaired) electrons. The first-order valence-corrected chi connectivity index (χ1v) is 18.7. The van der Waals surface area contributed by atoms with Crippen LogP contribution in [0.1, 0.15) is 0 Å². The van der Waals surface area contributed by atoms with Crippen molar-refractivity contribution in [3.63, 3.8) is 0 Å². The monoisotopic (exact) mass is 692 g/mol. The van der Waals surface area contributed by atoms with Crippen LogP contribution >= 0.6 is 11.3 Å². The van der Waals surface area contributed by atoms with E-state index in [9.17, 15) is 0 Å². The lowest BCUT2D eigenvalue weighted by molar-refractivity contribution is 1.18. The number of hydrogen-bond donors (Lipinski definition) is 0. The van der Waals surface area contributed by atoms with Gasteiger partial charge >= 0.3 is 0 Å².